The van der Waals surface area contributed by atoms with E-state index >= 15 is 0 Å². The molecule has 0 aliphatic rings. The molecule has 108 valence electrons. The van der Waals surface area contributed by atoms with E-state index in [4.69, 9.17) is 13.3 Å². The Kier molecular flexibility index (Phi) is 7.65. The maximum atomic E-state index is 10.7. The number of nitrogens with zero attached hydrogens (tertiary/aromatic N) is 1. The molecule has 0 spiro atoms. The summed E-state index contributed by atoms with van der Waals surface area (Å²) in [7, 11) is 4.10. The molecule has 0 aliphatic carbocycles. The predicted molar refractivity (Wildman–Crippen MR) is 67.7 cm³/mol. The summed E-state index contributed by atoms with van der Waals surface area (Å²) in [5.74, 6) is -1.02. The Hall–Kier alpha value is -0.473. The summed E-state index contributed by atoms with van der Waals surface area (Å²) in [6, 6.07) is 0.678. The van der Waals surface area contributed by atoms with Crippen molar-refractivity contribution in [1.29, 1.82) is 0 Å². The second kappa shape index (κ2) is 7.85. The van der Waals surface area contributed by atoms with Gasteiger partial charge in [0.2, 0.25) is 0 Å². The number of carboxylic acids is 1. The highest BCUT2D eigenvalue weighted by atomic mass is 28.4. The molecule has 0 N–H and O–H groups in total. The van der Waals surface area contributed by atoms with Crippen LogP contribution < -0.4 is 5.11 Å². The maximum absolute atomic E-state index is 10.7. The van der Waals surface area contributed by atoms with Crippen LogP contribution in [0, 0.1) is 0 Å². The van der Waals surface area contributed by atoms with E-state index in [1.54, 1.807) is 21.3 Å². The van der Waals surface area contributed by atoms with Crippen molar-refractivity contribution in [3.63, 3.8) is 0 Å². The molecule has 6 nitrogen and oxygen atoms in total. The van der Waals surface area contributed by atoms with E-state index in [9.17, 15) is 9.90 Å². The minimum atomic E-state index is -2.54. The Morgan fingerprint density at radius 3 is 2.06 bits per heavy atom. The molecule has 7 heteroatoms. The third kappa shape index (κ3) is 5.45. The highest BCUT2D eigenvalue weighted by Gasteiger charge is 2.38. The van der Waals surface area contributed by atoms with Crippen molar-refractivity contribution in [3.05, 3.63) is 0 Å². The third-order valence-electron chi connectivity index (χ3n) is 3.39. The smallest absolute Gasteiger partial charge is 0.500 e. The lowest BCUT2D eigenvalue weighted by Crippen LogP contribution is -2.52. The average Bonchev–Trinajstić information content (AvgIpc) is 2.34. The van der Waals surface area contributed by atoms with Gasteiger partial charge in [-0.2, -0.15) is 0 Å². The molecule has 0 heterocycles. The summed E-state index contributed by atoms with van der Waals surface area (Å²) in [6.45, 7) is 3.47. The van der Waals surface area contributed by atoms with Crippen LogP contribution in [0.3, 0.4) is 0 Å². The largest absolute Gasteiger partial charge is 0.544 e. The van der Waals surface area contributed by atoms with Crippen molar-refractivity contribution in [2.24, 2.45) is 0 Å². The first kappa shape index (κ1) is 17.5. The first-order valence-electron chi connectivity index (χ1n) is 6.06. The minimum absolute atomic E-state index is 0.0258. The zero-order chi connectivity index (χ0) is 14.2. The molecular weight excluding hydrogens is 254 g/mol. The lowest BCUT2D eigenvalue weighted by atomic mass is 10.3. The monoisotopic (exact) mass is 279 g/mol. The summed E-state index contributed by atoms with van der Waals surface area (Å²) < 4.78 is 16.4. The van der Waals surface area contributed by atoms with Gasteiger partial charge < -0.3 is 27.7 Å². The van der Waals surface area contributed by atoms with E-state index in [0.717, 1.165) is 19.5 Å². The molecule has 0 aromatic heterocycles. The molecule has 1 atom stereocenters. The molecule has 1 unspecified atom stereocenters. The number of carbonyl (C=O) groups is 1. The van der Waals surface area contributed by atoms with Crippen LogP contribution >= 0.6 is 0 Å². The van der Waals surface area contributed by atoms with Gasteiger partial charge in [0, 0.05) is 33.8 Å². The van der Waals surface area contributed by atoms with Gasteiger partial charge in [-0.1, -0.05) is 0 Å². The standard InChI is InChI=1S/C11H25NO5Si/c1-6-12(2,10-11(13)14)8-7-9-18(15-3,16-4)17-5/h6-10H2,1-5H3. The zero-order valence-corrected chi connectivity index (χ0v) is 13.0. The molecule has 0 bridgehead atoms. The third-order valence-corrected chi connectivity index (χ3v) is 6.22. The Morgan fingerprint density at radius 1 is 1.22 bits per heavy atom. The number of rotatable bonds is 10. The number of hydrogen-bond acceptors (Lipinski definition) is 5. The Labute approximate surface area is 110 Å². The quantitative estimate of drug-likeness (QED) is 0.397. The molecule has 0 radical (unpaired) electrons. The van der Waals surface area contributed by atoms with E-state index < -0.39 is 14.8 Å². The van der Waals surface area contributed by atoms with Crippen LogP contribution in [0.15, 0.2) is 0 Å². The van der Waals surface area contributed by atoms with Crippen LogP contribution in [0.25, 0.3) is 0 Å². The minimum Gasteiger partial charge on any atom is -0.544 e. The summed E-state index contributed by atoms with van der Waals surface area (Å²) in [6.07, 6.45) is 0.791. The molecule has 0 saturated carbocycles. The number of carboxylic acid groups (broad SMARTS) is 1. The second-order valence-corrected chi connectivity index (χ2v) is 7.68. The van der Waals surface area contributed by atoms with E-state index in [1.807, 2.05) is 14.0 Å². The first-order valence-corrected chi connectivity index (χ1v) is 7.99. The fraction of sp³-hybridized carbons (Fsp3) is 0.909. The highest BCUT2D eigenvalue weighted by Crippen LogP contribution is 2.16. The van der Waals surface area contributed by atoms with Crippen LogP contribution in [0.4, 0.5) is 0 Å². The van der Waals surface area contributed by atoms with Crippen LogP contribution in [-0.2, 0) is 18.1 Å². The van der Waals surface area contributed by atoms with Gasteiger partial charge in [-0.3, -0.25) is 0 Å². The Morgan fingerprint density at radius 2 is 1.72 bits per heavy atom. The van der Waals surface area contributed by atoms with Crippen molar-refractivity contribution in [2.45, 2.75) is 19.4 Å². The molecule has 0 saturated heterocycles. The molecule has 18 heavy (non-hydrogen) atoms. The molecule has 0 rings (SSSR count). The highest BCUT2D eigenvalue weighted by molar-refractivity contribution is 6.60. The summed E-state index contributed by atoms with van der Waals surface area (Å²) in [5.41, 5.74) is 0. The van der Waals surface area contributed by atoms with E-state index in [2.05, 4.69) is 0 Å². The van der Waals surface area contributed by atoms with Gasteiger partial charge in [-0.05, 0) is 6.92 Å². The molecule has 0 aromatic rings. The Bertz CT molecular complexity index is 252. The van der Waals surface area contributed by atoms with Crippen LogP contribution in [0.1, 0.15) is 13.3 Å². The molecule has 0 aliphatic heterocycles. The van der Waals surface area contributed by atoms with Gasteiger partial charge in [0.1, 0.15) is 6.54 Å². The fourth-order valence-corrected chi connectivity index (χ4v) is 3.60. The van der Waals surface area contributed by atoms with Crippen molar-refractivity contribution in [2.75, 3.05) is 48.0 Å². The van der Waals surface area contributed by atoms with Gasteiger partial charge in [0.05, 0.1) is 26.1 Å². The SMILES string of the molecule is CC[N+](C)(CCC[Si](OC)(OC)OC)CC(=O)[O-]. The van der Waals surface area contributed by atoms with Crippen LogP contribution in [-0.4, -0.2) is 67.3 Å². The van der Waals surface area contributed by atoms with Crippen molar-refractivity contribution < 1.29 is 27.7 Å². The van der Waals surface area contributed by atoms with Gasteiger partial charge in [-0.15, -0.1) is 0 Å². The maximum Gasteiger partial charge on any atom is 0.500 e. The van der Waals surface area contributed by atoms with E-state index in [1.165, 1.54) is 0 Å². The topological polar surface area (TPSA) is 67.8 Å². The van der Waals surface area contributed by atoms with Crippen LogP contribution in [0.2, 0.25) is 6.04 Å². The Balaban J connectivity index is 4.33. The van der Waals surface area contributed by atoms with Gasteiger partial charge >= 0.3 is 8.80 Å². The number of aliphatic carboxylic acids is 1. The fourth-order valence-electron chi connectivity index (χ4n) is 1.89. The summed E-state index contributed by atoms with van der Waals surface area (Å²) >= 11 is 0. The van der Waals surface area contributed by atoms with E-state index in [0.29, 0.717) is 10.5 Å². The molecular formula is C11H25NO5Si. The number of quaternary nitrogens is 1. The number of carbonyl (C=O) groups excluding carboxylic acids is 1. The lowest BCUT2D eigenvalue weighted by molar-refractivity contribution is -0.902. The number of likely N-dealkylation sites (N-methyl/N-ethyl adjacent to an activating group) is 1. The lowest BCUT2D eigenvalue weighted by Gasteiger charge is -2.34. The molecule has 0 fully saturated rings. The van der Waals surface area contributed by atoms with Gasteiger partial charge in [0.25, 0.3) is 0 Å². The predicted octanol–water partition coefficient (Wildman–Crippen LogP) is -0.529. The number of hydrogen-bond donors (Lipinski definition) is 0. The van der Waals surface area contributed by atoms with Gasteiger partial charge in [0.15, 0.2) is 0 Å². The zero-order valence-electron chi connectivity index (χ0n) is 12.0. The molecule has 0 aromatic carbocycles. The first-order chi connectivity index (χ1) is 8.37. The van der Waals surface area contributed by atoms with Crippen molar-refractivity contribution in [1.82, 2.24) is 0 Å². The summed E-state index contributed by atoms with van der Waals surface area (Å²) in [5, 5.41) is 10.7. The average molecular weight is 279 g/mol. The van der Waals surface area contributed by atoms with E-state index in [-0.39, 0.29) is 6.54 Å². The van der Waals surface area contributed by atoms with Crippen molar-refractivity contribution >= 4 is 14.8 Å². The van der Waals surface area contributed by atoms with Crippen molar-refractivity contribution in [3.8, 4) is 0 Å². The normalized spacial score (nSPS) is 15.4. The van der Waals surface area contributed by atoms with Gasteiger partial charge in [-0.25, -0.2) is 0 Å². The van der Waals surface area contributed by atoms with Crippen LogP contribution in [0.5, 0.6) is 0 Å². The molecule has 0 amide bonds. The second-order valence-electron chi connectivity index (χ2n) is 4.59. The summed E-state index contributed by atoms with van der Waals surface area (Å²) in [4.78, 5) is 10.7.